The Morgan fingerprint density at radius 1 is 1.14 bits per heavy atom. The van der Waals surface area contributed by atoms with E-state index in [-0.39, 0.29) is 17.8 Å². The quantitative estimate of drug-likeness (QED) is 0.930. The average Bonchev–Trinajstić information content (AvgIpc) is 3.07. The van der Waals surface area contributed by atoms with Gasteiger partial charge in [-0.05, 0) is 82.3 Å². The zero-order chi connectivity index (χ0) is 15.7. The number of rotatable bonds is 3. The summed E-state index contributed by atoms with van der Waals surface area (Å²) in [7, 11) is 0. The third kappa shape index (κ3) is 3.02. The first kappa shape index (κ1) is 15.5. The van der Waals surface area contributed by atoms with Crippen LogP contribution in [0.4, 0.5) is 4.39 Å². The summed E-state index contributed by atoms with van der Waals surface area (Å²) in [5.41, 5.74) is 2.06. The minimum atomic E-state index is -0.276. The first-order valence-corrected chi connectivity index (χ1v) is 8.38. The number of likely N-dealkylation sites (tertiary alicyclic amines) is 1. The highest BCUT2D eigenvalue weighted by atomic mass is 19.1. The Hall–Kier alpha value is -1.42. The number of carbonyl (C=O) groups excluding carboxylic acids is 1. The topological polar surface area (TPSA) is 32.3 Å². The molecular formula is C18H25FN2O. The lowest BCUT2D eigenvalue weighted by Crippen LogP contribution is -2.48. The Bertz CT molecular complexity index is 543. The van der Waals surface area contributed by atoms with Crippen LogP contribution in [-0.4, -0.2) is 36.0 Å². The third-order valence-corrected chi connectivity index (χ3v) is 5.13. The summed E-state index contributed by atoms with van der Waals surface area (Å²) in [4.78, 5) is 15.2. The summed E-state index contributed by atoms with van der Waals surface area (Å²) in [6, 6.07) is 3.59. The lowest BCUT2D eigenvalue weighted by Gasteiger charge is -2.30. The second kappa shape index (κ2) is 6.37. The van der Waals surface area contributed by atoms with Gasteiger partial charge in [0.15, 0.2) is 0 Å². The molecule has 2 aliphatic rings. The number of nitrogens with one attached hydrogen (secondary N) is 1. The fourth-order valence-electron chi connectivity index (χ4n) is 4.13. The smallest absolute Gasteiger partial charge is 0.252 e. The molecule has 1 aromatic carbocycles. The van der Waals surface area contributed by atoms with Gasteiger partial charge >= 0.3 is 0 Å². The van der Waals surface area contributed by atoms with E-state index in [1.54, 1.807) is 13.8 Å². The lowest BCUT2D eigenvalue weighted by atomic mass is 10.0. The van der Waals surface area contributed by atoms with Gasteiger partial charge in [0, 0.05) is 17.6 Å². The molecule has 1 saturated carbocycles. The maximum absolute atomic E-state index is 13.4. The van der Waals surface area contributed by atoms with Crippen LogP contribution in [0.2, 0.25) is 0 Å². The second-order valence-electron chi connectivity index (χ2n) is 6.74. The van der Waals surface area contributed by atoms with Gasteiger partial charge in [0.1, 0.15) is 5.82 Å². The van der Waals surface area contributed by atoms with Gasteiger partial charge in [-0.1, -0.05) is 0 Å². The Kier molecular flexibility index (Phi) is 4.48. The van der Waals surface area contributed by atoms with E-state index in [2.05, 4.69) is 10.2 Å². The van der Waals surface area contributed by atoms with Crippen molar-refractivity contribution >= 4 is 5.91 Å². The van der Waals surface area contributed by atoms with Crippen molar-refractivity contribution in [3.8, 4) is 0 Å². The van der Waals surface area contributed by atoms with Crippen molar-refractivity contribution < 1.29 is 9.18 Å². The monoisotopic (exact) mass is 304 g/mol. The van der Waals surface area contributed by atoms with Crippen LogP contribution >= 0.6 is 0 Å². The van der Waals surface area contributed by atoms with E-state index in [4.69, 9.17) is 0 Å². The van der Waals surface area contributed by atoms with Gasteiger partial charge in [0.05, 0.1) is 0 Å². The molecule has 1 amide bonds. The van der Waals surface area contributed by atoms with Gasteiger partial charge in [0.25, 0.3) is 5.91 Å². The number of hydrogen-bond acceptors (Lipinski definition) is 2. The molecule has 4 heteroatoms. The molecule has 0 spiro atoms. The predicted octanol–water partition coefficient (Wildman–Crippen LogP) is 3.19. The van der Waals surface area contributed by atoms with Crippen molar-refractivity contribution in [3.63, 3.8) is 0 Å². The van der Waals surface area contributed by atoms with Crippen LogP contribution in [0, 0.1) is 19.7 Å². The van der Waals surface area contributed by atoms with Crippen molar-refractivity contribution in [2.24, 2.45) is 0 Å². The lowest BCUT2D eigenvalue weighted by molar-refractivity contribution is 0.0911. The van der Waals surface area contributed by atoms with Crippen LogP contribution in [-0.2, 0) is 0 Å². The number of hydrogen-bond donors (Lipinski definition) is 1. The fraction of sp³-hybridized carbons (Fsp3) is 0.611. The summed E-state index contributed by atoms with van der Waals surface area (Å²) in [6.07, 6.45) is 5.94. The summed E-state index contributed by atoms with van der Waals surface area (Å²) in [5, 5.41) is 3.22. The molecule has 0 radical (unpaired) electrons. The summed E-state index contributed by atoms with van der Waals surface area (Å²) >= 11 is 0. The number of aryl methyl sites for hydroxylation is 2. The van der Waals surface area contributed by atoms with E-state index in [1.165, 1.54) is 37.8 Å². The highest BCUT2D eigenvalue weighted by molar-refractivity contribution is 5.97. The molecule has 2 fully saturated rings. The molecule has 1 saturated heterocycles. The SMILES string of the molecule is Cc1cc(F)cc(C)c1C(=O)N[C@@H]1CCC[C@@H]1N1CCCC1. The standard InChI is InChI=1S/C18H25FN2O/c1-12-10-14(19)11-13(2)17(12)18(22)20-15-6-5-7-16(15)21-8-3-4-9-21/h10-11,15-16H,3-9H2,1-2H3,(H,20,22)/t15-,16+/m1/s1. The average molecular weight is 304 g/mol. The molecule has 22 heavy (non-hydrogen) atoms. The third-order valence-electron chi connectivity index (χ3n) is 5.13. The van der Waals surface area contributed by atoms with Crippen LogP contribution in [0.15, 0.2) is 12.1 Å². The van der Waals surface area contributed by atoms with Crippen molar-refractivity contribution in [2.45, 2.75) is 58.0 Å². The molecule has 1 N–H and O–H groups in total. The molecule has 3 rings (SSSR count). The number of nitrogens with zero attached hydrogens (tertiary/aromatic N) is 1. The van der Waals surface area contributed by atoms with E-state index in [1.807, 2.05) is 0 Å². The van der Waals surface area contributed by atoms with Crippen molar-refractivity contribution in [3.05, 3.63) is 34.6 Å². The van der Waals surface area contributed by atoms with Gasteiger partial charge in [-0.15, -0.1) is 0 Å². The number of benzene rings is 1. The number of amides is 1. The van der Waals surface area contributed by atoms with Gasteiger partial charge < -0.3 is 5.32 Å². The van der Waals surface area contributed by atoms with Crippen LogP contribution in [0.5, 0.6) is 0 Å². The van der Waals surface area contributed by atoms with Gasteiger partial charge in [-0.25, -0.2) is 4.39 Å². The first-order chi connectivity index (χ1) is 10.6. The molecule has 2 atom stereocenters. The molecule has 1 heterocycles. The fourth-order valence-corrected chi connectivity index (χ4v) is 4.13. The Morgan fingerprint density at radius 3 is 2.41 bits per heavy atom. The zero-order valence-electron chi connectivity index (χ0n) is 13.5. The largest absolute Gasteiger partial charge is 0.348 e. The van der Waals surface area contributed by atoms with E-state index >= 15 is 0 Å². The maximum Gasteiger partial charge on any atom is 0.252 e. The van der Waals surface area contributed by atoms with E-state index in [0.717, 1.165) is 19.5 Å². The summed E-state index contributed by atoms with van der Waals surface area (Å²) < 4.78 is 13.4. The minimum absolute atomic E-state index is 0.0499. The normalized spacial score (nSPS) is 25.6. The Labute approximate surface area is 131 Å². The molecule has 0 bridgehead atoms. The van der Waals surface area contributed by atoms with Gasteiger partial charge in [-0.2, -0.15) is 0 Å². The highest BCUT2D eigenvalue weighted by Crippen LogP contribution is 2.28. The molecule has 1 aromatic rings. The number of carbonyl (C=O) groups is 1. The summed E-state index contributed by atoms with van der Waals surface area (Å²) in [5.74, 6) is -0.326. The van der Waals surface area contributed by atoms with Crippen molar-refractivity contribution in [1.82, 2.24) is 10.2 Å². The molecule has 120 valence electrons. The molecule has 0 unspecified atom stereocenters. The Balaban J connectivity index is 1.73. The van der Waals surface area contributed by atoms with Gasteiger partial charge in [0.2, 0.25) is 0 Å². The molecule has 1 aliphatic heterocycles. The van der Waals surface area contributed by atoms with Crippen LogP contribution in [0.25, 0.3) is 0 Å². The van der Waals surface area contributed by atoms with Crippen molar-refractivity contribution in [2.75, 3.05) is 13.1 Å². The van der Waals surface area contributed by atoms with Crippen molar-refractivity contribution in [1.29, 1.82) is 0 Å². The molecular weight excluding hydrogens is 279 g/mol. The minimum Gasteiger partial charge on any atom is -0.348 e. The summed E-state index contributed by atoms with van der Waals surface area (Å²) in [6.45, 7) is 5.92. The zero-order valence-corrected chi connectivity index (χ0v) is 13.5. The molecule has 3 nitrogen and oxygen atoms in total. The Morgan fingerprint density at radius 2 is 1.77 bits per heavy atom. The van der Waals surface area contributed by atoms with Crippen LogP contribution in [0.1, 0.15) is 53.6 Å². The van der Waals surface area contributed by atoms with E-state index in [0.29, 0.717) is 22.7 Å². The molecule has 1 aliphatic carbocycles. The molecule has 0 aromatic heterocycles. The predicted molar refractivity (Wildman–Crippen MR) is 85.6 cm³/mol. The van der Waals surface area contributed by atoms with Crippen LogP contribution < -0.4 is 5.32 Å². The van der Waals surface area contributed by atoms with E-state index in [9.17, 15) is 9.18 Å². The second-order valence-corrected chi connectivity index (χ2v) is 6.74. The highest BCUT2D eigenvalue weighted by Gasteiger charge is 2.34. The van der Waals surface area contributed by atoms with Gasteiger partial charge in [-0.3, -0.25) is 9.69 Å². The first-order valence-electron chi connectivity index (χ1n) is 8.38. The maximum atomic E-state index is 13.4. The van der Waals surface area contributed by atoms with Crippen LogP contribution in [0.3, 0.4) is 0 Å². The van der Waals surface area contributed by atoms with E-state index < -0.39 is 0 Å². The number of halogens is 1.